The lowest BCUT2D eigenvalue weighted by molar-refractivity contribution is -0.120. The van der Waals surface area contributed by atoms with E-state index < -0.39 is 11.8 Å². The maximum Gasteiger partial charge on any atom is 0.283 e. The zero-order valence-corrected chi connectivity index (χ0v) is 19.3. The fourth-order valence-electron chi connectivity index (χ4n) is 3.33. The third-order valence-corrected chi connectivity index (χ3v) is 5.75. The Hall–Kier alpha value is -3.61. The van der Waals surface area contributed by atoms with Gasteiger partial charge in [-0.25, -0.2) is 4.90 Å². The van der Waals surface area contributed by atoms with Gasteiger partial charge in [0.05, 0.1) is 5.69 Å². The molecule has 1 aliphatic rings. The zero-order valence-electron chi connectivity index (χ0n) is 17.8. The third kappa shape index (κ3) is 4.62. The largest absolute Gasteiger partial charge is 0.349 e. The zero-order chi connectivity index (χ0) is 23.7. The maximum atomic E-state index is 13.0. The quantitative estimate of drug-likeness (QED) is 0.463. The molecule has 0 spiro atoms. The minimum absolute atomic E-state index is 0.0687. The van der Waals surface area contributed by atoms with Crippen molar-refractivity contribution in [3.63, 3.8) is 0 Å². The van der Waals surface area contributed by atoms with E-state index >= 15 is 0 Å². The van der Waals surface area contributed by atoms with E-state index in [0.717, 1.165) is 16.0 Å². The second kappa shape index (κ2) is 9.10. The van der Waals surface area contributed by atoms with E-state index in [1.165, 1.54) is 6.07 Å². The highest BCUT2D eigenvalue weighted by Crippen LogP contribution is 2.32. The van der Waals surface area contributed by atoms with Crippen LogP contribution in [0.3, 0.4) is 0 Å². The van der Waals surface area contributed by atoms with Crippen LogP contribution in [0.15, 0.2) is 77.5 Å². The number of halogens is 2. The minimum Gasteiger partial charge on any atom is -0.349 e. The van der Waals surface area contributed by atoms with Crippen LogP contribution in [-0.2, 0) is 9.59 Å². The topological polar surface area (TPSA) is 78.5 Å². The van der Waals surface area contributed by atoms with E-state index in [1.807, 2.05) is 38.1 Å². The molecular formula is C25H19Cl2N3O3. The van der Waals surface area contributed by atoms with Gasteiger partial charge < -0.3 is 10.6 Å². The Morgan fingerprint density at radius 2 is 1.61 bits per heavy atom. The van der Waals surface area contributed by atoms with Crippen LogP contribution in [0.4, 0.5) is 17.1 Å². The van der Waals surface area contributed by atoms with Crippen molar-refractivity contribution in [1.82, 2.24) is 0 Å². The SMILES string of the molecule is Cc1ccc(NC(=O)c2ccc(C)c(NC3=C(Cl)C(=O)N(c4cccc(Cl)c4)C3=O)c2)cc1. The van der Waals surface area contributed by atoms with E-state index in [-0.39, 0.29) is 16.6 Å². The van der Waals surface area contributed by atoms with Crippen LogP contribution in [0, 0.1) is 13.8 Å². The summed E-state index contributed by atoms with van der Waals surface area (Å²) in [7, 11) is 0. The molecular weight excluding hydrogens is 461 g/mol. The number of carbonyl (C=O) groups is 3. The van der Waals surface area contributed by atoms with Gasteiger partial charge in [0.15, 0.2) is 0 Å². The monoisotopic (exact) mass is 479 g/mol. The van der Waals surface area contributed by atoms with Crippen molar-refractivity contribution in [3.8, 4) is 0 Å². The number of nitrogens with zero attached hydrogens (tertiary/aromatic N) is 1. The summed E-state index contributed by atoms with van der Waals surface area (Å²) in [5.74, 6) is -1.57. The molecule has 1 aliphatic heterocycles. The van der Waals surface area contributed by atoms with Crippen LogP contribution in [0.5, 0.6) is 0 Å². The average Bonchev–Trinajstić information content (AvgIpc) is 2.99. The number of carbonyl (C=O) groups excluding carboxylic acids is 3. The number of anilines is 3. The van der Waals surface area contributed by atoms with E-state index in [4.69, 9.17) is 23.2 Å². The fourth-order valence-corrected chi connectivity index (χ4v) is 3.73. The third-order valence-electron chi connectivity index (χ3n) is 5.16. The molecule has 1 heterocycles. The molecule has 0 fully saturated rings. The molecule has 3 aromatic carbocycles. The van der Waals surface area contributed by atoms with Gasteiger partial charge in [0.1, 0.15) is 10.7 Å². The Morgan fingerprint density at radius 1 is 0.879 bits per heavy atom. The molecule has 3 amide bonds. The highest BCUT2D eigenvalue weighted by molar-refractivity contribution is 6.53. The molecule has 33 heavy (non-hydrogen) atoms. The summed E-state index contributed by atoms with van der Waals surface area (Å²) in [4.78, 5) is 39.4. The average molecular weight is 480 g/mol. The molecule has 0 radical (unpaired) electrons. The summed E-state index contributed by atoms with van der Waals surface area (Å²) in [6.07, 6.45) is 0. The van der Waals surface area contributed by atoms with Crippen LogP contribution in [0.2, 0.25) is 5.02 Å². The molecule has 2 N–H and O–H groups in total. The van der Waals surface area contributed by atoms with E-state index in [2.05, 4.69) is 10.6 Å². The summed E-state index contributed by atoms with van der Waals surface area (Å²) < 4.78 is 0. The molecule has 0 aliphatic carbocycles. The first-order valence-electron chi connectivity index (χ1n) is 10.0. The van der Waals surface area contributed by atoms with E-state index in [9.17, 15) is 14.4 Å². The molecule has 8 heteroatoms. The van der Waals surface area contributed by atoms with Gasteiger partial charge in [0, 0.05) is 22.0 Å². The lowest BCUT2D eigenvalue weighted by Gasteiger charge is -2.16. The van der Waals surface area contributed by atoms with Gasteiger partial charge in [0.2, 0.25) is 0 Å². The molecule has 0 aromatic heterocycles. The Morgan fingerprint density at radius 3 is 2.30 bits per heavy atom. The summed E-state index contributed by atoms with van der Waals surface area (Å²) in [5.41, 5.74) is 3.62. The number of amides is 3. The van der Waals surface area contributed by atoms with Gasteiger partial charge >= 0.3 is 0 Å². The van der Waals surface area contributed by atoms with E-state index in [0.29, 0.717) is 27.6 Å². The van der Waals surface area contributed by atoms with Crippen molar-refractivity contribution in [2.24, 2.45) is 0 Å². The van der Waals surface area contributed by atoms with Crippen molar-refractivity contribution >= 4 is 58.0 Å². The number of hydrogen-bond acceptors (Lipinski definition) is 4. The van der Waals surface area contributed by atoms with Crippen molar-refractivity contribution in [3.05, 3.63) is 99.2 Å². The van der Waals surface area contributed by atoms with Crippen molar-refractivity contribution in [2.75, 3.05) is 15.5 Å². The second-order valence-electron chi connectivity index (χ2n) is 7.59. The first-order valence-corrected chi connectivity index (χ1v) is 10.8. The molecule has 166 valence electrons. The molecule has 0 saturated carbocycles. The van der Waals surface area contributed by atoms with Gasteiger partial charge in [-0.05, 0) is 61.9 Å². The van der Waals surface area contributed by atoms with Gasteiger partial charge in [-0.2, -0.15) is 0 Å². The Balaban J connectivity index is 1.58. The summed E-state index contributed by atoms with van der Waals surface area (Å²) >= 11 is 12.2. The minimum atomic E-state index is -0.655. The Kier molecular flexibility index (Phi) is 6.22. The lowest BCUT2D eigenvalue weighted by Crippen LogP contribution is -2.32. The summed E-state index contributed by atoms with van der Waals surface area (Å²) in [6.45, 7) is 3.78. The Bertz CT molecular complexity index is 1320. The van der Waals surface area contributed by atoms with Crippen LogP contribution in [-0.4, -0.2) is 17.7 Å². The van der Waals surface area contributed by atoms with Crippen LogP contribution in [0.1, 0.15) is 21.5 Å². The normalized spacial score (nSPS) is 13.5. The second-order valence-corrected chi connectivity index (χ2v) is 8.40. The smallest absolute Gasteiger partial charge is 0.283 e. The number of nitrogens with one attached hydrogen (secondary N) is 2. The molecule has 0 unspecified atom stereocenters. The van der Waals surface area contributed by atoms with Crippen molar-refractivity contribution < 1.29 is 14.4 Å². The standard InChI is InChI=1S/C25H19Cl2N3O3/c1-14-6-10-18(11-7-14)28-23(31)16-9-8-15(2)20(12-16)29-22-21(27)24(32)30(25(22)33)19-5-3-4-17(26)13-19/h3-13,29H,1-2H3,(H,28,31). The molecule has 0 saturated heterocycles. The highest BCUT2D eigenvalue weighted by atomic mass is 35.5. The number of hydrogen-bond donors (Lipinski definition) is 2. The Labute approximate surface area is 200 Å². The van der Waals surface area contributed by atoms with Crippen molar-refractivity contribution in [2.45, 2.75) is 13.8 Å². The number of aryl methyl sites for hydroxylation is 2. The van der Waals surface area contributed by atoms with Gasteiger partial charge in [-0.1, -0.05) is 53.0 Å². The van der Waals surface area contributed by atoms with Crippen molar-refractivity contribution in [1.29, 1.82) is 0 Å². The fraction of sp³-hybridized carbons (Fsp3) is 0.0800. The highest BCUT2D eigenvalue weighted by Gasteiger charge is 2.39. The van der Waals surface area contributed by atoms with E-state index in [1.54, 1.807) is 36.4 Å². The predicted octanol–water partition coefficient (Wildman–Crippen LogP) is 5.64. The molecule has 0 bridgehead atoms. The van der Waals surface area contributed by atoms with Gasteiger partial charge in [0.25, 0.3) is 17.7 Å². The first kappa shape index (κ1) is 22.6. The van der Waals surface area contributed by atoms with Crippen LogP contribution in [0.25, 0.3) is 0 Å². The molecule has 0 atom stereocenters. The number of rotatable bonds is 5. The summed E-state index contributed by atoms with van der Waals surface area (Å²) in [6, 6.07) is 18.9. The first-order chi connectivity index (χ1) is 15.7. The number of imide groups is 1. The van der Waals surface area contributed by atoms with Gasteiger partial charge in [-0.15, -0.1) is 0 Å². The summed E-state index contributed by atoms with van der Waals surface area (Å²) in [5, 5.41) is 5.92. The van der Waals surface area contributed by atoms with Gasteiger partial charge in [-0.3, -0.25) is 14.4 Å². The molecule has 4 rings (SSSR count). The molecule has 3 aromatic rings. The predicted molar refractivity (Wildman–Crippen MR) is 131 cm³/mol. The van der Waals surface area contributed by atoms with Crippen LogP contribution >= 0.6 is 23.2 Å². The molecule has 6 nitrogen and oxygen atoms in total. The number of benzene rings is 3. The van der Waals surface area contributed by atoms with Crippen LogP contribution < -0.4 is 15.5 Å². The lowest BCUT2D eigenvalue weighted by atomic mass is 10.1. The maximum absolute atomic E-state index is 13.0.